The lowest BCUT2D eigenvalue weighted by atomic mass is 10.2. The largest absolute Gasteiger partial charge is 0.338 e. The first-order chi connectivity index (χ1) is 8.67. The van der Waals surface area contributed by atoms with E-state index in [0.29, 0.717) is 6.54 Å². The van der Waals surface area contributed by atoms with E-state index < -0.39 is 0 Å². The summed E-state index contributed by atoms with van der Waals surface area (Å²) in [5, 5.41) is 0.737. The molecule has 0 fully saturated rings. The summed E-state index contributed by atoms with van der Waals surface area (Å²) in [5.41, 5.74) is 3.97. The van der Waals surface area contributed by atoms with Crippen LogP contribution in [0, 0.1) is 6.92 Å². The molecule has 0 amide bonds. The highest BCUT2D eigenvalue weighted by Gasteiger charge is 2.12. The Hall–Kier alpha value is -1.54. The summed E-state index contributed by atoms with van der Waals surface area (Å²) >= 11 is 6.16. The molecule has 0 aliphatic heterocycles. The fraction of sp³-hybridized carbons (Fsp3) is 0.267. The van der Waals surface area contributed by atoms with Gasteiger partial charge in [-0.3, -0.25) is 4.79 Å². The zero-order valence-corrected chi connectivity index (χ0v) is 11.4. The Balaban J connectivity index is 2.43. The molecule has 0 unspecified atom stereocenters. The third kappa shape index (κ3) is 2.34. The standard InChI is InChI=1S/C15H16ClNO/c1-3-12-8-11(2)17(15(12)10-18)9-13-6-4-5-7-14(13)16/h4-8,10H,3,9H2,1-2H3. The van der Waals surface area contributed by atoms with Crippen molar-refractivity contribution >= 4 is 17.9 Å². The Morgan fingerprint density at radius 2 is 2.00 bits per heavy atom. The average Bonchev–Trinajstić information content (AvgIpc) is 2.68. The van der Waals surface area contributed by atoms with Crippen LogP contribution in [0.5, 0.6) is 0 Å². The summed E-state index contributed by atoms with van der Waals surface area (Å²) in [7, 11) is 0. The topological polar surface area (TPSA) is 22.0 Å². The van der Waals surface area contributed by atoms with Crippen LogP contribution in [0.2, 0.25) is 5.02 Å². The smallest absolute Gasteiger partial charge is 0.166 e. The molecule has 2 rings (SSSR count). The number of carbonyl (C=O) groups is 1. The van der Waals surface area contributed by atoms with Gasteiger partial charge in [0.25, 0.3) is 0 Å². The lowest BCUT2D eigenvalue weighted by molar-refractivity contribution is 0.111. The number of rotatable bonds is 4. The third-order valence-corrected chi connectivity index (χ3v) is 3.58. The average molecular weight is 262 g/mol. The molecule has 1 aromatic heterocycles. The van der Waals surface area contributed by atoms with Gasteiger partial charge in [0.1, 0.15) is 0 Å². The van der Waals surface area contributed by atoms with Crippen LogP contribution in [0.4, 0.5) is 0 Å². The predicted molar refractivity (Wildman–Crippen MR) is 74.5 cm³/mol. The molecule has 0 spiro atoms. The van der Waals surface area contributed by atoms with Gasteiger partial charge in [-0.2, -0.15) is 0 Å². The molecule has 94 valence electrons. The highest BCUT2D eigenvalue weighted by molar-refractivity contribution is 6.31. The maximum atomic E-state index is 11.2. The molecule has 18 heavy (non-hydrogen) atoms. The molecule has 3 heteroatoms. The minimum absolute atomic E-state index is 0.638. The Labute approximate surface area is 112 Å². The zero-order chi connectivity index (χ0) is 13.1. The van der Waals surface area contributed by atoms with Gasteiger partial charge >= 0.3 is 0 Å². The molecule has 1 heterocycles. The summed E-state index contributed by atoms with van der Waals surface area (Å²) < 4.78 is 2.02. The van der Waals surface area contributed by atoms with Crippen LogP contribution >= 0.6 is 11.6 Å². The van der Waals surface area contributed by atoms with Gasteiger partial charge in [0.05, 0.1) is 5.69 Å². The Morgan fingerprint density at radius 1 is 1.28 bits per heavy atom. The number of aryl methyl sites for hydroxylation is 2. The molecule has 0 N–H and O–H groups in total. The number of aldehydes is 1. The quantitative estimate of drug-likeness (QED) is 0.766. The van der Waals surface area contributed by atoms with Gasteiger partial charge in [0.15, 0.2) is 6.29 Å². The van der Waals surface area contributed by atoms with Crippen molar-refractivity contribution in [1.82, 2.24) is 4.57 Å². The summed E-state index contributed by atoms with van der Waals surface area (Å²) in [6.07, 6.45) is 1.80. The van der Waals surface area contributed by atoms with E-state index in [0.717, 1.165) is 40.2 Å². The third-order valence-electron chi connectivity index (χ3n) is 3.21. The van der Waals surface area contributed by atoms with E-state index in [-0.39, 0.29) is 0 Å². The molecule has 0 radical (unpaired) electrons. The van der Waals surface area contributed by atoms with E-state index in [9.17, 15) is 4.79 Å². The summed E-state index contributed by atoms with van der Waals surface area (Å²) in [4.78, 5) is 11.2. The lowest BCUT2D eigenvalue weighted by Crippen LogP contribution is -2.07. The van der Waals surface area contributed by atoms with Gasteiger partial charge in [-0.25, -0.2) is 0 Å². The number of benzene rings is 1. The van der Waals surface area contributed by atoms with Crippen molar-refractivity contribution in [3.8, 4) is 0 Å². The van der Waals surface area contributed by atoms with Crippen molar-refractivity contribution in [2.24, 2.45) is 0 Å². The highest BCUT2D eigenvalue weighted by Crippen LogP contribution is 2.21. The molecule has 0 saturated carbocycles. The first-order valence-electron chi connectivity index (χ1n) is 6.05. The Bertz CT molecular complexity index is 572. The van der Waals surface area contributed by atoms with Crippen molar-refractivity contribution in [3.63, 3.8) is 0 Å². The van der Waals surface area contributed by atoms with Gasteiger partial charge in [-0.15, -0.1) is 0 Å². The number of hydrogen-bond acceptors (Lipinski definition) is 1. The van der Waals surface area contributed by atoms with E-state index in [2.05, 4.69) is 13.0 Å². The van der Waals surface area contributed by atoms with Crippen LogP contribution in [-0.2, 0) is 13.0 Å². The minimum Gasteiger partial charge on any atom is -0.338 e. The van der Waals surface area contributed by atoms with Crippen LogP contribution in [0.15, 0.2) is 30.3 Å². The van der Waals surface area contributed by atoms with Gasteiger partial charge in [0, 0.05) is 17.3 Å². The number of nitrogens with zero attached hydrogens (tertiary/aromatic N) is 1. The molecular formula is C15H16ClNO. The van der Waals surface area contributed by atoms with Crippen molar-refractivity contribution in [1.29, 1.82) is 0 Å². The van der Waals surface area contributed by atoms with Crippen LogP contribution in [-0.4, -0.2) is 10.9 Å². The highest BCUT2D eigenvalue weighted by atomic mass is 35.5. The monoisotopic (exact) mass is 261 g/mol. The maximum absolute atomic E-state index is 11.2. The molecule has 0 bridgehead atoms. The van der Waals surface area contributed by atoms with Crippen LogP contribution in [0.1, 0.15) is 34.2 Å². The molecule has 0 saturated heterocycles. The van der Waals surface area contributed by atoms with E-state index in [1.165, 1.54) is 0 Å². The van der Waals surface area contributed by atoms with E-state index >= 15 is 0 Å². The van der Waals surface area contributed by atoms with Crippen LogP contribution < -0.4 is 0 Å². The fourth-order valence-corrected chi connectivity index (χ4v) is 2.39. The zero-order valence-electron chi connectivity index (χ0n) is 10.6. The number of halogens is 1. The number of aromatic nitrogens is 1. The van der Waals surface area contributed by atoms with Crippen molar-refractivity contribution in [2.75, 3.05) is 0 Å². The molecule has 2 nitrogen and oxygen atoms in total. The maximum Gasteiger partial charge on any atom is 0.166 e. The fourth-order valence-electron chi connectivity index (χ4n) is 2.20. The first-order valence-corrected chi connectivity index (χ1v) is 6.42. The second-order valence-corrected chi connectivity index (χ2v) is 4.75. The van der Waals surface area contributed by atoms with Crippen LogP contribution in [0.25, 0.3) is 0 Å². The van der Waals surface area contributed by atoms with Crippen molar-refractivity contribution in [2.45, 2.75) is 26.8 Å². The molecule has 0 atom stereocenters. The first kappa shape index (κ1) is 12.9. The minimum atomic E-state index is 0.638. The second-order valence-electron chi connectivity index (χ2n) is 4.35. The SMILES string of the molecule is CCc1cc(C)n(Cc2ccccc2Cl)c1C=O. The molecule has 0 aliphatic rings. The summed E-state index contributed by atoms with van der Waals surface area (Å²) in [5.74, 6) is 0. The van der Waals surface area contributed by atoms with Crippen LogP contribution in [0.3, 0.4) is 0 Å². The number of carbonyl (C=O) groups excluding carboxylic acids is 1. The Morgan fingerprint density at radius 3 is 2.61 bits per heavy atom. The van der Waals surface area contributed by atoms with E-state index in [4.69, 9.17) is 11.6 Å². The lowest BCUT2D eigenvalue weighted by Gasteiger charge is -2.10. The van der Waals surface area contributed by atoms with Gasteiger partial charge in [-0.05, 0) is 36.6 Å². The summed E-state index contributed by atoms with van der Waals surface area (Å²) in [6.45, 7) is 4.71. The van der Waals surface area contributed by atoms with Crippen molar-refractivity contribution < 1.29 is 4.79 Å². The van der Waals surface area contributed by atoms with Gasteiger partial charge in [0.2, 0.25) is 0 Å². The summed E-state index contributed by atoms with van der Waals surface area (Å²) in [6, 6.07) is 9.80. The molecule has 1 aromatic carbocycles. The number of hydrogen-bond donors (Lipinski definition) is 0. The van der Waals surface area contributed by atoms with Gasteiger partial charge in [-0.1, -0.05) is 36.7 Å². The molecular weight excluding hydrogens is 246 g/mol. The van der Waals surface area contributed by atoms with Crippen molar-refractivity contribution in [3.05, 3.63) is 57.9 Å². The predicted octanol–water partition coefficient (Wildman–Crippen LogP) is 3.87. The van der Waals surface area contributed by atoms with E-state index in [1.807, 2.05) is 35.8 Å². The second kappa shape index (κ2) is 5.40. The molecule has 2 aromatic rings. The molecule has 0 aliphatic carbocycles. The normalized spacial score (nSPS) is 10.6. The van der Waals surface area contributed by atoms with E-state index in [1.54, 1.807) is 0 Å². The Kier molecular flexibility index (Phi) is 3.87. The van der Waals surface area contributed by atoms with Gasteiger partial charge < -0.3 is 4.57 Å².